The molecule has 126 valence electrons. The van der Waals surface area contributed by atoms with Gasteiger partial charge in [-0.25, -0.2) is 0 Å². The van der Waals surface area contributed by atoms with Crippen LogP contribution >= 0.6 is 22.9 Å². The predicted octanol–water partition coefficient (Wildman–Crippen LogP) is 3.85. The van der Waals surface area contributed by atoms with E-state index in [1.807, 2.05) is 23.5 Å². The van der Waals surface area contributed by atoms with Crippen LogP contribution in [0.25, 0.3) is 0 Å². The molecule has 1 aromatic carbocycles. The van der Waals surface area contributed by atoms with Gasteiger partial charge in [-0.15, -0.1) is 11.3 Å². The van der Waals surface area contributed by atoms with Crippen LogP contribution in [0.3, 0.4) is 0 Å². The molecule has 4 nitrogen and oxygen atoms in total. The number of rotatable bonds is 3. The number of benzene rings is 1. The van der Waals surface area contributed by atoms with Gasteiger partial charge in [0.1, 0.15) is 0 Å². The summed E-state index contributed by atoms with van der Waals surface area (Å²) in [4.78, 5) is 4.02. The quantitative estimate of drug-likeness (QED) is 0.830. The highest BCUT2D eigenvalue weighted by molar-refractivity contribution is 7.85. The zero-order chi connectivity index (χ0) is 16.9. The summed E-state index contributed by atoms with van der Waals surface area (Å²) in [6.07, 6.45) is 1.18. The average Bonchev–Trinajstić information content (AvgIpc) is 2.97. The number of fused-ring (bicyclic) bond motifs is 1. The molecule has 0 radical (unpaired) electrons. The Morgan fingerprint density at radius 1 is 1.30 bits per heavy atom. The molecule has 0 fully saturated rings. The molecule has 0 amide bonds. The van der Waals surface area contributed by atoms with E-state index < -0.39 is 10.1 Å². The molecule has 2 heterocycles. The summed E-state index contributed by atoms with van der Waals surface area (Å²) in [5, 5.41) is 3.08. The molecule has 1 N–H and O–H groups in total. The third kappa shape index (κ3) is 5.90. The lowest BCUT2D eigenvalue weighted by Crippen LogP contribution is -2.29. The Kier molecular flexibility index (Phi) is 6.61. The summed E-state index contributed by atoms with van der Waals surface area (Å²) < 4.78 is 26.9. The van der Waals surface area contributed by atoms with Crippen LogP contribution in [0.4, 0.5) is 0 Å². The fourth-order valence-electron chi connectivity index (χ4n) is 2.31. The average molecular weight is 374 g/mol. The van der Waals surface area contributed by atoms with Crippen molar-refractivity contribution >= 4 is 33.1 Å². The summed E-state index contributed by atoms with van der Waals surface area (Å²) in [5.74, 6) is -0.201. The Morgan fingerprint density at radius 3 is 2.65 bits per heavy atom. The van der Waals surface area contributed by atoms with E-state index in [4.69, 9.17) is 16.2 Å². The summed E-state index contributed by atoms with van der Waals surface area (Å²) in [7, 11) is -3.66. The van der Waals surface area contributed by atoms with Gasteiger partial charge in [0.05, 0.1) is 5.75 Å². The van der Waals surface area contributed by atoms with Gasteiger partial charge in [0.15, 0.2) is 0 Å². The van der Waals surface area contributed by atoms with E-state index >= 15 is 0 Å². The van der Waals surface area contributed by atoms with Crippen LogP contribution in [-0.4, -0.2) is 30.2 Å². The Bertz CT molecular complexity index is 743. The Hall–Kier alpha value is -0.920. The van der Waals surface area contributed by atoms with E-state index in [0.717, 1.165) is 24.7 Å². The van der Waals surface area contributed by atoms with Gasteiger partial charge in [-0.2, -0.15) is 8.42 Å². The fraction of sp³-hybridized carbons (Fsp3) is 0.375. The van der Waals surface area contributed by atoms with Crippen LogP contribution in [-0.2, 0) is 29.6 Å². The molecular weight excluding hydrogens is 354 g/mol. The molecule has 0 atom stereocenters. The highest BCUT2D eigenvalue weighted by atomic mass is 35.5. The Morgan fingerprint density at radius 2 is 2.00 bits per heavy atom. The van der Waals surface area contributed by atoms with Crippen molar-refractivity contribution in [3.8, 4) is 0 Å². The molecule has 0 unspecified atom stereocenters. The first kappa shape index (κ1) is 18.4. The maximum atomic E-state index is 9.56. The standard InChI is InChI=1S/C14H14ClNS.C2H6O3S/c15-13-4-2-1-3-11(13)9-16-7-5-14-12(10-16)6-8-17-14;1-2-6(3,4)5/h1-4,6,8H,5,7,9-10H2;2H2,1H3,(H,3,4,5). The van der Waals surface area contributed by atoms with Crippen LogP contribution in [0, 0.1) is 0 Å². The second-order valence-corrected chi connectivity index (χ2v) is 8.44. The normalized spacial score (nSPS) is 14.7. The lowest BCUT2D eigenvalue weighted by molar-refractivity contribution is 0.247. The molecule has 1 aliphatic heterocycles. The molecule has 1 aliphatic rings. The van der Waals surface area contributed by atoms with Gasteiger partial charge in [-0.1, -0.05) is 29.8 Å². The van der Waals surface area contributed by atoms with Gasteiger partial charge >= 0.3 is 0 Å². The summed E-state index contributed by atoms with van der Waals surface area (Å²) in [6, 6.07) is 10.4. The van der Waals surface area contributed by atoms with Gasteiger partial charge in [-0.05, 0) is 42.0 Å². The Labute approximate surface area is 146 Å². The first-order valence-electron chi connectivity index (χ1n) is 7.35. The molecule has 0 spiro atoms. The number of thiophene rings is 1. The molecule has 0 aliphatic carbocycles. The minimum absolute atomic E-state index is 0.201. The zero-order valence-electron chi connectivity index (χ0n) is 12.9. The van der Waals surface area contributed by atoms with Crippen molar-refractivity contribution < 1.29 is 13.0 Å². The van der Waals surface area contributed by atoms with Gasteiger partial charge in [0.25, 0.3) is 10.1 Å². The molecule has 0 saturated carbocycles. The minimum atomic E-state index is -3.66. The second kappa shape index (κ2) is 8.26. The van der Waals surface area contributed by atoms with E-state index in [0.29, 0.717) is 0 Å². The second-order valence-electron chi connectivity index (χ2n) is 5.29. The maximum Gasteiger partial charge on any atom is 0.264 e. The number of hydrogen-bond donors (Lipinski definition) is 1. The van der Waals surface area contributed by atoms with E-state index in [-0.39, 0.29) is 5.75 Å². The number of halogens is 1. The van der Waals surface area contributed by atoms with E-state index in [1.165, 1.54) is 24.5 Å². The molecule has 2 aromatic rings. The lowest BCUT2D eigenvalue weighted by Gasteiger charge is -2.27. The van der Waals surface area contributed by atoms with Crippen molar-refractivity contribution in [3.63, 3.8) is 0 Å². The fourth-order valence-corrected chi connectivity index (χ4v) is 3.39. The zero-order valence-corrected chi connectivity index (χ0v) is 15.3. The van der Waals surface area contributed by atoms with Crippen molar-refractivity contribution in [2.45, 2.75) is 26.4 Å². The first-order chi connectivity index (χ1) is 10.9. The largest absolute Gasteiger partial charge is 0.294 e. The molecule has 0 bridgehead atoms. The lowest BCUT2D eigenvalue weighted by atomic mass is 10.1. The van der Waals surface area contributed by atoms with E-state index in [2.05, 4.69) is 28.5 Å². The topological polar surface area (TPSA) is 57.6 Å². The minimum Gasteiger partial charge on any atom is -0.294 e. The monoisotopic (exact) mass is 373 g/mol. The first-order valence-corrected chi connectivity index (χ1v) is 10.2. The van der Waals surface area contributed by atoms with E-state index in [1.54, 1.807) is 4.88 Å². The van der Waals surface area contributed by atoms with Gasteiger partial charge in [0, 0.05) is 29.5 Å². The predicted molar refractivity (Wildman–Crippen MR) is 95.7 cm³/mol. The van der Waals surface area contributed by atoms with Crippen molar-refractivity contribution in [2.75, 3.05) is 12.3 Å². The maximum absolute atomic E-state index is 9.56. The molecule has 3 rings (SSSR count). The molecule has 0 saturated heterocycles. The van der Waals surface area contributed by atoms with Crippen LogP contribution in [0.2, 0.25) is 5.02 Å². The van der Waals surface area contributed by atoms with E-state index in [9.17, 15) is 8.42 Å². The SMILES string of the molecule is CCS(=O)(=O)O.Clc1ccccc1CN1CCc2sccc2C1. The van der Waals surface area contributed by atoms with Crippen molar-refractivity contribution in [1.29, 1.82) is 0 Å². The Balaban J connectivity index is 0.000000277. The van der Waals surface area contributed by atoms with Gasteiger partial charge in [0.2, 0.25) is 0 Å². The molecule has 23 heavy (non-hydrogen) atoms. The van der Waals surface area contributed by atoms with Gasteiger partial charge < -0.3 is 0 Å². The third-order valence-corrected chi connectivity index (χ3v) is 5.72. The third-order valence-electron chi connectivity index (χ3n) is 3.60. The molecule has 7 heteroatoms. The van der Waals surface area contributed by atoms with Crippen molar-refractivity contribution in [3.05, 3.63) is 56.7 Å². The van der Waals surface area contributed by atoms with Crippen LogP contribution in [0.1, 0.15) is 22.9 Å². The van der Waals surface area contributed by atoms with Crippen LogP contribution < -0.4 is 0 Å². The summed E-state index contributed by atoms with van der Waals surface area (Å²) in [5.41, 5.74) is 2.72. The highest BCUT2D eigenvalue weighted by Gasteiger charge is 2.17. The smallest absolute Gasteiger partial charge is 0.264 e. The molecule has 1 aromatic heterocycles. The number of hydrogen-bond acceptors (Lipinski definition) is 4. The highest BCUT2D eigenvalue weighted by Crippen LogP contribution is 2.26. The number of nitrogens with zero attached hydrogens (tertiary/aromatic N) is 1. The van der Waals surface area contributed by atoms with Crippen molar-refractivity contribution in [2.24, 2.45) is 0 Å². The summed E-state index contributed by atoms with van der Waals surface area (Å²) in [6.45, 7) is 4.52. The van der Waals surface area contributed by atoms with Crippen molar-refractivity contribution in [1.82, 2.24) is 4.90 Å². The van der Waals surface area contributed by atoms with Gasteiger partial charge in [-0.3, -0.25) is 9.45 Å². The summed E-state index contributed by atoms with van der Waals surface area (Å²) >= 11 is 8.08. The van der Waals surface area contributed by atoms with Crippen LogP contribution in [0.15, 0.2) is 35.7 Å². The van der Waals surface area contributed by atoms with Crippen LogP contribution in [0.5, 0.6) is 0 Å². The molecular formula is C16H20ClNO3S2.